The van der Waals surface area contributed by atoms with Crippen LogP contribution in [0.15, 0.2) is 4.79 Å². The molecular formula is C11H20N4O. The molecule has 2 rings (SSSR count). The summed E-state index contributed by atoms with van der Waals surface area (Å²) in [6, 6.07) is 0.269. The minimum Gasteiger partial charge on any atom is -0.327 e. The van der Waals surface area contributed by atoms with Crippen LogP contribution in [0.5, 0.6) is 0 Å². The predicted molar refractivity (Wildman–Crippen MR) is 62.1 cm³/mol. The lowest BCUT2D eigenvalue weighted by Crippen LogP contribution is -2.35. The van der Waals surface area contributed by atoms with Crippen LogP contribution in [0.4, 0.5) is 0 Å². The van der Waals surface area contributed by atoms with Gasteiger partial charge in [0.25, 0.3) is 0 Å². The molecule has 1 aromatic heterocycles. The molecule has 0 radical (unpaired) electrons. The van der Waals surface area contributed by atoms with Crippen molar-refractivity contribution in [1.82, 2.24) is 14.3 Å². The summed E-state index contributed by atoms with van der Waals surface area (Å²) in [6.45, 7) is 0. The topological polar surface area (TPSA) is 65.8 Å². The Labute approximate surface area is 95.2 Å². The van der Waals surface area contributed by atoms with E-state index in [1.165, 1.54) is 17.5 Å². The second kappa shape index (κ2) is 4.41. The lowest BCUT2D eigenvalue weighted by atomic mass is 9.83. The van der Waals surface area contributed by atoms with Crippen LogP contribution in [-0.2, 0) is 20.5 Å². The molecule has 2 N–H and O–H groups in total. The number of hydrogen-bond acceptors (Lipinski definition) is 3. The maximum atomic E-state index is 11.5. The number of rotatable bonds is 2. The van der Waals surface area contributed by atoms with Gasteiger partial charge >= 0.3 is 5.69 Å². The maximum absolute atomic E-state index is 11.5. The number of nitrogens with two attached hydrogens (primary N) is 1. The molecule has 0 spiro atoms. The van der Waals surface area contributed by atoms with E-state index in [-0.39, 0.29) is 11.7 Å². The van der Waals surface area contributed by atoms with Crippen molar-refractivity contribution in [3.8, 4) is 0 Å². The van der Waals surface area contributed by atoms with Crippen molar-refractivity contribution in [2.75, 3.05) is 0 Å². The van der Waals surface area contributed by atoms with Crippen molar-refractivity contribution in [3.63, 3.8) is 0 Å². The first-order valence-electron chi connectivity index (χ1n) is 5.94. The minimum atomic E-state index is -0.0561. The van der Waals surface area contributed by atoms with Gasteiger partial charge in [-0.25, -0.2) is 9.48 Å². The van der Waals surface area contributed by atoms with Crippen molar-refractivity contribution in [2.24, 2.45) is 25.7 Å². The molecule has 16 heavy (non-hydrogen) atoms. The summed E-state index contributed by atoms with van der Waals surface area (Å²) in [5.41, 5.74) is 6.04. The van der Waals surface area contributed by atoms with E-state index in [9.17, 15) is 4.79 Å². The van der Waals surface area contributed by atoms with Crippen LogP contribution in [0.1, 0.15) is 31.5 Å². The van der Waals surface area contributed by atoms with E-state index in [2.05, 4.69) is 5.10 Å². The quantitative estimate of drug-likeness (QED) is 0.779. The fourth-order valence-corrected chi connectivity index (χ4v) is 2.51. The Bertz CT molecular complexity index is 420. The predicted octanol–water partition coefficient (Wildman–Crippen LogP) is 0.179. The van der Waals surface area contributed by atoms with E-state index in [0.29, 0.717) is 5.92 Å². The zero-order chi connectivity index (χ0) is 11.7. The van der Waals surface area contributed by atoms with Crippen molar-refractivity contribution >= 4 is 0 Å². The summed E-state index contributed by atoms with van der Waals surface area (Å²) in [5, 5.41) is 4.25. The van der Waals surface area contributed by atoms with Crippen molar-refractivity contribution in [1.29, 1.82) is 0 Å². The Balaban J connectivity index is 2.13. The van der Waals surface area contributed by atoms with E-state index < -0.39 is 0 Å². The molecule has 1 fully saturated rings. The molecule has 0 aromatic carbocycles. The molecule has 1 saturated carbocycles. The Morgan fingerprint density at radius 1 is 1.38 bits per heavy atom. The van der Waals surface area contributed by atoms with Gasteiger partial charge in [0.1, 0.15) is 5.82 Å². The monoisotopic (exact) mass is 224 g/mol. The molecule has 1 aliphatic rings. The summed E-state index contributed by atoms with van der Waals surface area (Å²) in [5.74, 6) is 1.34. The van der Waals surface area contributed by atoms with Crippen molar-refractivity contribution in [2.45, 2.75) is 38.1 Å². The molecule has 5 nitrogen and oxygen atoms in total. The Hall–Kier alpha value is -1.10. The van der Waals surface area contributed by atoms with Gasteiger partial charge in [0, 0.05) is 26.6 Å². The van der Waals surface area contributed by atoms with Gasteiger partial charge in [0.05, 0.1) is 0 Å². The summed E-state index contributed by atoms with van der Waals surface area (Å²) < 4.78 is 3.02. The van der Waals surface area contributed by atoms with Crippen molar-refractivity contribution in [3.05, 3.63) is 16.3 Å². The molecule has 1 aromatic rings. The van der Waals surface area contributed by atoms with E-state index in [1.807, 2.05) is 0 Å². The Morgan fingerprint density at radius 3 is 2.62 bits per heavy atom. The van der Waals surface area contributed by atoms with Gasteiger partial charge < -0.3 is 5.73 Å². The Morgan fingerprint density at radius 2 is 2.06 bits per heavy atom. The standard InChI is InChI=1S/C11H20N4O/c1-14-10(13-15(2)11(14)16)7-8-5-3-4-6-9(8)12/h8-9H,3-7,12H2,1-2H3. The average molecular weight is 224 g/mol. The molecular weight excluding hydrogens is 204 g/mol. The van der Waals surface area contributed by atoms with Crippen LogP contribution in [-0.4, -0.2) is 20.4 Å². The third-order valence-electron chi connectivity index (χ3n) is 3.63. The molecule has 0 bridgehead atoms. The number of aromatic nitrogens is 3. The van der Waals surface area contributed by atoms with Gasteiger partial charge in [-0.15, -0.1) is 0 Å². The Kier molecular flexibility index (Phi) is 3.14. The zero-order valence-corrected chi connectivity index (χ0v) is 10.0. The SMILES string of the molecule is Cn1nc(CC2CCCCC2N)n(C)c1=O. The van der Waals surface area contributed by atoms with Gasteiger partial charge in [0.15, 0.2) is 0 Å². The zero-order valence-electron chi connectivity index (χ0n) is 10.0. The second-order valence-electron chi connectivity index (χ2n) is 4.79. The first-order chi connectivity index (χ1) is 7.59. The fraction of sp³-hybridized carbons (Fsp3) is 0.818. The number of hydrogen-bond donors (Lipinski definition) is 1. The number of nitrogens with zero attached hydrogens (tertiary/aromatic N) is 3. The van der Waals surface area contributed by atoms with Crippen molar-refractivity contribution < 1.29 is 0 Å². The van der Waals surface area contributed by atoms with Gasteiger partial charge in [-0.05, 0) is 18.8 Å². The van der Waals surface area contributed by atoms with Crippen LogP contribution in [0.25, 0.3) is 0 Å². The van der Waals surface area contributed by atoms with E-state index in [1.54, 1.807) is 18.7 Å². The van der Waals surface area contributed by atoms with Gasteiger partial charge in [0.2, 0.25) is 0 Å². The third kappa shape index (κ3) is 2.04. The molecule has 0 saturated heterocycles. The smallest absolute Gasteiger partial charge is 0.327 e. The molecule has 0 aliphatic heterocycles. The van der Waals surface area contributed by atoms with Gasteiger partial charge in [-0.1, -0.05) is 12.8 Å². The highest BCUT2D eigenvalue weighted by molar-refractivity contribution is 4.92. The first-order valence-corrected chi connectivity index (χ1v) is 5.94. The highest BCUT2D eigenvalue weighted by Gasteiger charge is 2.24. The average Bonchev–Trinajstić information content (AvgIpc) is 2.50. The molecule has 0 amide bonds. The van der Waals surface area contributed by atoms with E-state index in [0.717, 1.165) is 25.1 Å². The second-order valence-corrected chi connectivity index (χ2v) is 4.79. The largest absolute Gasteiger partial charge is 0.345 e. The highest BCUT2D eigenvalue weighted by Crippen LogP contribution is 2.25. The summed E-state index contributed by atoms with van der Waals surface area (Å²) in [7, 11) is 3.46. The van der Waals surface area contributed by atoms with Gasteiger partial charge in [-0.3, -0.25) is 4.57 Å². The molecule has 2 unspecified atom stereocenters. The summed E-state index contributed by atoms with van der Waals surface area (Å²) in [4.78, 5) is 11.5. The maximum Gasteiger partial charge on any atom is 0.345 e. The third-order valence-corrected chi connectivity index (χ3v) is 3.63. The van der Waals surface area contributed by atoms with E-state index in [4.69, 9.17) is 5.73 Å². The van der Waals surface area contributed by atoms with Crippen LogP contribution in [0.2, 0.25) is 0 Å². The van der Waals surface area contributed by atoms with Crippen LogP contribution >= 0.6 is 0 Å². The van der Waals surface area contributed by atoms with E-state index >= 15 is 0 Å². The molecule has 1 aliphatic carbocycles. The molecule has 5 heteroatoms. The summed E-state index contributed by atoms with van der Waals surface area (Å²) >= 11 is 0. The normalized spacial score (nSPS) is 25.9. The summed E-state index contributed by atoms with van der Waals surface area (Å²) in [6.07, 6.45) is 5.57. The fourth-order valence-electron chi connectivity index (χ4n) is 2.51. The van der Waals surface area contributed by atoms with Crippen LogP contribution < -0.4 is 11.4 Å². The van der Waals surface area contributed by atoms with Gasteiger partial charge in [-0.2, -0.15) is 5.10 Å². The van der Waals surface area contributed by atoms with Crippen LogP contribution in [0, 0.1) is 5.92 Å². The first kappa shape index (κ1) is 11.4. The highest BCUT2D eigenvalue weighted by atomic mass is 16.2. The molecule has 90 valence electrons. The lowest BCUT2D eigenvalue weighted by Gasteiger charge is -2.27. The minimum absolute atomic E-state index is 0.0561. The lowest BCUT2D eigenvalue weighted by molar-refractivity contribution is 0.300. The number of aryl methyl sites for hydroxylation is 1. The van der Waals surface area contributed by atoms with Crippen LogP contribution in [0.3, 0.4) is 0 Å². The molecule has 1 heterocycles. The molecule has 2 atom stereocenters.